The van der Waals surface area contributed by atoms with Crippen molar-refractivity contribution in [3.05, 3.63) is 30.6 Å². The molecule has 0 saturated heterocycles. The number of primary amides is 1. The Morgan fingerprint density at radius 1 is 1.25 bits per heavy atom. The number of hydrogen-bond acceptors (Lipinski definition) is 8. The lowest BCUT2D eigenvalue weighted by atomic mass is 10.2. The molecule has 28 heavy (non-hydrogen) atoms. The van der Waals surface area contributed by atoms with Crippen molar-refractivity contribution >= 4 is 39.2 Å². The van der Waals surface area contributed by atoms with Crippen LogP contribution in [0.2, 0.25) is 0 Å². The lowest BCUT2D eigenvalue weighted by Crippen LogP contribution is -2.37. The molecule has 1 aromatic heterocycles. The van der Waals surface area contributed by atoms with Crippen molar-refractivity contribution in [1.82, 2.24) is 9.97 Å². The van der Waals surface area contributed by atoms with E-state index < -0.39 is 16.1 Å². The molecule has 2 amide bonds. The van der Waals surface area contributed by atoms with Crippen molar-refractivity contribution in [1.29, 1.82) is 0 Å². The van der Waals surface area contributed by atoms with E-state index in [1.54, 1.807) is 37.2 Å². The van der Waals surface area contributed by atoms with Crippen molar-refractivity contribution in [2.45, 2.75) is 18.9 Å². The van der Waals surface area contributed by atoms with E-state index in [2.05, 4.69) is 15.3 Å². The van der Waals surface area contributed by atoms with Gasteiger partial charge in [0.2, 0.25) is 5.95 Å². The predicted molar refractivity (Wildman–Crippen MR) is 107 cm³/mol. The Morgan fingerprint density at radius 3 is 2.39 bits per heavy atom. The van der Waals surface area contributed by atoms with E-state index in [1.807, 2.05) is 0 Å². The first-order valence-electron chi connectivity index (χ1n) is 8.52. The van der Waals surface area contributed by atoms with Gasteiger partial charge in [-0.1, -0.05) is 0 Å². The number of aromatic nitrogens is 2. The van der Waals surface area contributed by atoms with Gasteiger partial charge in [0.25, 0.3) is 0 Å². The third-order valence-electron chi connectivity index (χ3n) is 4.00. The number of carbonyl (C=O) groups is 1. The maximum Gasteiger partial charge on any atom is 0.319 e. The molecule has 0 radical (unpaired) electrons. The van der Waals surface area contributed by atoms with Crippen LogP contribution in [0.4, 0.5) is 27.8 Å². The SMILES string of the molecule is CN(C)c1cc(Nc2ncc(N(C(N)=O)C3CC3)cn2)ccc1OS(C)(=O)=O. The van der Waals surface area contributed by atoms with Crippen LogP contribution in [0.5, 0.6) is 5.75 Å². The quantitative estimate of drug-likeness (QED) is 0.664. The standard InChI is InChI=1S/C17H22N6O4S/c1-22(2)14-8-11(4-7-15(14)27-28(3,25)26)21-17-19-9-13(10-20-17)23(16(18)24)12-5-6-12/h4,7-10,12H,5-6H2,1-3H3,(H2,18,24)(H,19,20,21). The lowest BCUT2D eigenvalue weighted by molar-refractivity contribution is 0.253. The van der Waals surface area contributed by atoms with Gasteiger partial charge in [0.05, 0.1) is 30.0 Å². The Balaban J connectivity index is 1.79. The van der Waals surface area contributed by atoms with Crippen molar-refractivity contribution < 1.29 is 17.4 Å². The summed E-state index contributed by atoms with van der Waals surface area (Å²) in [5.41, 5.74) is 7.19. The number of rotatable bonds is 7. The van der Waals surface area contributed by atoms with Crippen molar-refractivity contribution in [2.75, 3.05) is 35.5 Å². The molecule has 1 aliphatic carbocycles. The summed E-state index contributed by atoms with van der Waals surface area (Å²) in [5, 5.41) is 3.04. The van der Waals surface area contributed by atoms with E-state index >= 15 is 0 Å². The minimum Gasteiger partial charge on any atom is -0.380 e. The highest BCUT2D eigenvalue weighted by molar-refractivity contribution is 7.86. The van der Waals surface area contributed by atoms with Crippen LogP contribution >= 0.6 is 0 Å². The first-order valence-corrected chi connectivity index (χ1v) is 10.3. The summed E-state index contributed by atoms with van der Waals surface area (Å²) >= 11 is 0. The maximum atomic E-state index is 11.6. The van der Waals surface area contributed by atoms with Crippen LogP contribution in [-0.2, 0) is 10.1 Å². The van der Waals surface area contributed by atoms with E-state index in [9.17, 15) is 13.2 Å². The Kier molecular flexibility index (Phi) is 5.27. The van der Waals surface area contributed by atoms with Gasteiger partial charge in [0.15, 0.2) is 5.75 Å². The van der Waals surface area contributed by atoms with Crippen LogP contribution in [0.25, 0.3) is 0 Å². The summed E-state index contributed by atoms with van der Waals surface area (Å²) in [6.07, 6.45) is 5.89. The van der Waals surface area contributed by atoms with Gasteiger partial charge < -0.3 is 20.1 Å². The highest BCUT2D eigenvalue weighted by Crippen LogP contribution is 2.33. The zero-order valence-electron chi connectivity index (χ0n) is 15.8. The van der Waals surface area contributed by atoms with E-state index in [4.69, 9.17) is 9.92 Å². The molecule has 0 bridgehead atoms. The summed E-state index contributed by atoms with van der Waals surface area (Å²) in [4.78, 5) is 23.3. The summed E-state index contributed by atoms with van der Waals surface area (Å²) in [7, 11) is -0.0938. The van der Waals surface area contributed by atoms with Gasteiger partial charge in [-0.2, -0.15) is 8.42 Å². The van der Waals surface area contributed by atoms with Gasteiger partial charge in [-0.15, -0.1) is 0 Å². The predicted octanol–water partition coefficient (Wildman–Crippen LogP) is 1.67. The van der Waals surface area contributed by atoms with Crippen LogP contribution < -0.4 is 25.0 Å². The fraction of sp³-hybridized carbons (Fsp3) is 0.353. The highest BCUT2D eigenvalue weighted by atomic mass is 32.2. The third kappa shape index (κ3) is 4.80. The van der Waals surface area contributed by atoms with Crippen LogP contribution in [0.15, 0.2) is 30.6 Å². The number of amides is 2. The largest absolute Gasteiger partial charge is 0.380 e. The summed E-state index contributed by atoms with van der Waals surface area (Å²) in [6.45, 7) is 0. The zero-order chi connectivity index (χ0) is 20.5. The van der Waals surface area contributed by atoms with Gasteiger partial charge >= 0.3 is 16.1 Å². The second-order valence-electron chi connectivity index (χ2n) is 6.69. The van der Waals surface area contributed by atoms with Gasteiger partial charge in [0.1, 0.15) is 0 Å². The summed E-state index contributed by atoms with van der Waals surface area (Å²) in [6, 6.07) is 4.52. The first kappa shape index (κ1) is 19.7. The molecule has 0 aliphatic heterocycles. The molecular weight excluding hydrogens is 384 g/mol. The van der Waals surface area contributed by atoms with Gasteiger partial charge in [-0.05, 0) is 31.0 Å². The van der Waals surface area contributed by atoms with E-state index in [0.29, 0.717) is 23.0 Å². The van der Waals surface area contributed by atoms with E-state index in [0.717, 1.165) is 19.1 Å². The molecule has 0 spiro atoms. The summed E-state index contributed by atoms with van der Waals surface area (Å²) in [5.74, 6) is 0.543. The highest BCUT2D eigenvalue weighted by Gasteiger charge is 2.33. The fourth-order valence-corrected chi connectivity index (χ4v) is 3.14. The molecule has 0 atom stereocenters. The Hall–Kier alpha value is -3.08. The van der Waals surface area contributed by atoms with Crippen LogP contribution in [-0.4, -0.2) is 50.8 Å². The molecule has 10 nitrogen and oxygen atoms in total. The zero-order valence-corrected chi connectivity index (χ0v) is 16.6. The number of anilines is 4. The Bertz CT molecular complexity index is 974. The molecule has 3 rings (SSSR count). The van der Waals surface area contributed by atoms with Crippen molar-refractivity contribution in [3.8, 4) is 5.75 Å². The number of nitrogens with zero attached hydrogens (tertiary/aromatic N) is 4. The maximum absolute atomic E-state index is 11.6. The normalized spacial score (nSPS) is 13.7. The average Bonchev–Trinajstić information content (AvgIpc) is 3.41. The third-order valence-corrected chi connectivity index (χ3v) is 4.49. The molecule has 0 unspecified atom stereocenters. The van der Waals surface area contributed by atoms with Crippen LogP contribution in [0.1, 0.15) is 12.8 Å². The first-order chi connectivity index (χ1) is 13.1. The second kappa shape index (κ2) is 7.50. The fourth-order valence-electron chi connectivity index (χ4n) is 2.67. The Labute approximate surface area is 163 Å². The van der Waals surface area contributed by atoms with Crippen LogP contribution in [0.3, 0.4) is 0 Å². The van der Waals surface area contributed by atoms with Gasteiger partial charge in [-0.3, -0.25) is 4.90 Å². The van der Waals surface area contributed by atoms with Gasteiger partial charge in [0, 0.05) is 25.8 Å². The smallest absolute Gasteiger partial charge is 0.319 e. The monoisotopic (exact) mass is 406 g/mol. The number of urea groups is 1. The minimum atomic E-state index is -3.64. The molecule has 11 heteroatoms. The molecule has 1 saturated carbocycles. The number of nitrogens with one attached hydrogen (secondary N) is 1. The average molecular weight is 406 g/mol. The number of benzene rings is 1. The second-order valence-corrected chi connectivity index (χ2v) is 8.27. The topological polar surface area (TPSA) is 131 Å². The number of carbonyl (C=O) groups excluding carboxylic acids is 1. The van der Waals surface area contributed by atoms with Crippen LogP contribution in [0, 0.1) is 0 Å². The van der Waals surface area contributed by atoms with E-state index in [1.165, 1.54) is 17.3 Å². The Morgan fingerprint density at radius 2 is 1.89 bits per heavy atom. The van der Waals surface area contributed by atoms with Crippen molar-refractivity contribution in [2.24, 2.45) is 5.73 Å². The molecule has 150 valence electrons. The van der Waals surface area contributed by atoms with Gasteiger partial charge in [-0.25, -0.2) is 14.8 Å². The summed E-state index contributed by atoms with van der Waals surface area (Å²) < 4.78 is 27.9. The minimum absolute atomic E-state index is 0.116. The van der Waals surface area contributed by atoms with E-state index in [-0.39, 0.29) is 11.8 Å². The lowest BCUT2D eigenvalue weighted by Gasteiger charge is -2.20. The van der Waals surface area contributed by atoms with Crippen molar-refractivity contribution in [3.63, 3.8) is 0 Å². The molecular formula is C17H22N6O4S. The number of hydrogen-bond donors (Lipinski definition) is 2. The molecule has 1 aliphatic rings. The molecule has 1 heterocycles. The molecule has 2 aromatic rings. The molecule has 1 aromatic carbocycles. The number of nitrogens with two attached hydrogens (primary N) is 1. The molecule has 3 N–H and O–H groups in total. The molecule has 1 fully saturated rings.